The molecule has 1 atom stereocenters. The zero-order valence-electron chi connectivity index (χ0n) is 20.9. The molecule has 9 nitrogen and oxygen atoms in total. The first kappa shape index (κ1) is 25.0. The summed E-state index contributed by atoms with van der Waals surface area (Å²) in [7, 11) is 0. The molecule has 36 heavy (non-hydrogen) atoms. The van der Waals surface area contributed by atoms with Gasteiger partial charge < -0.3 is 10.3 Å². The van der Waals surface area contributed by atoms with Crippen molar-refractivity contribution in [3.05, 3.63) is 71.8 Å². The summed E-state index contributed by atoms with van der Waals surface area (Å²) in [5.41, 5.74) is 2.04. The third-order valence-corrected chi connectivity index (χ3v) is 6.56. The van der Waals surface area contributed by atoms with Gasteiger partial charge in [0.05, 0.1) is 12.5 Å². The quantitative estimate of drug-likeness (QED) is 0.538. The van der Waals surface area contributed by atoms with E-state index in [-0.39, 0.29) is 34.3 Å². The first-order chi connectivity index (χ1) is 17.3. The maximum atomic E-state index is 13.9. The minimum Gasteiger partial charge on any atom is -0.351 e. The van der Waals surface area contributed by atoms with Crippen LogP contribution in [-0.2, 0) is 10.2 Å². The van der Waals surface area contributed by atoms with Crippen molar-refractivity contribution in [1.29, 1.82) is 5.26 Å². The van der Waals surface area contributed by atoms with Gasteiger partial charge in [-0.15, -0.1) is 0 Å². The average Bonchev–Trinajstić information content (AvgIpc) is 3.42. The number of rotatable bonds is 6. The summed E-state index contributed by atoms with van der Waals surface area (Å²) in [4.78, 5) is 44.2. The number of nitrogens with zero attached hydrogens (tertiary/aromatic N) is 5. The topological polar surface area (TPSA) is 128 Å². The van der Waals surface area contributed by atoms with Crippen molar-refractivity contribution in [1.82, 2.24) is 25.3 Å². The number of aromatic amines is 1. The van der Waals surface area contributed by atoms with Gasteiger partial charge in [0.15, 0.2) is 0 Å². The Hall–Kier alpha value is -4.06. The first-order valence-electron chi connectivity index (χ1n) is 12.2. The molecule has 1 unspecified atom stereocenters. The summed E-state index contributed by atoms with van der Waals surface area (Å²) in [5.74, 6) is -0.825. The van der Waals surface area contributed by atoms with Gasteiger partial charge in [-0.1, -0.05) is 52.2 Å². The highest BCUT2D eigenvalue weighted by atomic mass is 16.2. The fourth-order valence-electron chi connectivity index (χ4n) is 4.57. The van der Waals surface area contributed by atoms with Crippen LogP contribution in [0.2, 0.25) is 0 Å². The lowest BCUT2D eigenvalue weighted by Crippen LogP contribution is -2.47. The largest absolute Gasteiger partial charge is 0.351 e. The van der Waals surface area contributed by atoms with Gasteiger partial charge >= 0.3 is 0 Å². The van der Waals surface area contributed by atoms with Crippen LogP contribution in [0.25, 0.3) is 0 Å². The maximum absolute atomic E-state index is 13.9. The summed E-state index contributed by atoms with van der Waals surface area (Å²) in [6.07, 6.45) is 10.5. The van der Waals surface area contributed by atoms with Crippen molar-refractivity contribution < 1.29 is 9.59 Å². The fourth-order valence-corrected chi connectivity index (χ4v) is 4.57. The monoisotopic (exact) mass is 485 g/mol. The van der Waals surface area contributed by atoms with E-state index in [9.17, 15) is 14.9 Å². The summed E-state index contributed by atoms with van der Waals surface area (Å²) < 4.78 is 0. The van der Waals surface area contributed by atoms with Gasteiger partial charge in [0, 0.05) is 23.5 Å². The minimum atomic E-state index is -1.15. The van der Waals surface area contributed by atoms with Crippen LogP contribution < -0.4 is 10.2 Å². The molecular weight excluding hydrogens is 454 g/mol. The molecule has 1 aliphatic carbocycles. The van der Waals surface area contributed by atoms with E-state index < -0.39 is 11.9 Å². The molecule has 186 valence electrons. The number of anilines is 1. The summed E-state index contributed by atoms with van der Waals surface area (Å²) in [6, 6.07) is 8.46. The Balaban J connectivity index is 1.84. The zero-order valence-corrected chi connectivity index (χ0v) is 20.9. The van der Waals surface area contributed by atoms with E-state index in [1.165, 1.54) is 29.9 Å². The van der Waals surface area contributed by atoms with Crippen molar-refractivity contribution in [2.24, 2.45) is 0 Å². The number of hydrogen-bond donors (Lipinski definition) is 2. The molecule has 2 amide bonds. The van der Waals surface area contributed by atoms with Crippen molar-refractivity contribution in [2.75, 3.05) is 4.90 Å². The lowest BCUT2D eigenvalue weighted by Gasteiger charge is -2.33. The smallest absolute Gasteiger partial charge is 0.277 e. The molecule has 0 bridgehead atoms. The van der Waals surface area contributed by atoms with Gasteiger partial charge in [0.2, 0.25) is 5.91 Å². The minimum absolute atomic E-state index is 0.0105. The normalized spacial score (nSPS) is 15.1. The zero-order chi connectivity index (χ0) is 25.7. The molecule has 2 heterocycles. The molecule has 1 saturated carbocycles. The third-order valence-electron chi connectivity index (χ3n) is 6.56. The van der Waals surface area contributed by atoms with E-state index in [2.05, 4.69) is 52.1 Å². The highest BCUT2D eigenvalue weighted by molar-refractivity contribution is 6.09. The van der Waals surface area contributed by atoms with Gasteiger partial charge in [0.25, 0.3) is 5.91 Å². The number of nitriles is 1. The molecule has 0 aliphatic heterocycles. The Morgan fingerprint density at radius 3 is 2.44 bits per heavy atom. The molecule has 9 heteroatoms. The number of amides is 2. The van der Waals surface area contributed by atoms with Crippen LogP contribution >= 0.6 is 0 Å². The van der Waals surface area contributed by atoms with E-state index in [1.807, 2.05) is 24.3 Å². The second-order valence-electron chi connectivity index (χ2n) is 10.1. The van der Waals surface area contributed by atoms with E-state index in [1.54, 1.807) is 0 Å². The molecule has 0 spiro atoms. The van der Waals surface area contributed by atoms with Crippen molar-refractivity contribution in [2.45, 2.75) is 70.4 Å². The van der Waals surface area contributed by atoms with Crippen LogP contribution in [0.5, 0.6) is 0 Å². The van der Waals surface area contributed by atoms with Crippen LogP contribution in [0, 0.1) is 11.3 Å². The lowest BCUT2D eigenvalue weighted by molar-refractivity contribution is -0.123. The van der Waals surface area contributed by atoms with Gasteiger partial charge in [-0.25, -0.2) is 15.0 Å². The average molecular weight is 486 g/mol. The predicted octanol–water partition coefficient (Wildman–Crippen LogP) is 4.21. The maximum Gasteiger partial charge on any atom is 0.277 e. The Labute approximate surface area is 211 Å². The number of H-pyrrole nitrogens is 1. The molecule has 2 N–H and O–H groups in total. The molecule has 1 fully saturated rings. The lowest BCUT2D eigenvalue weighted by atomic mass is 9.87. The second kappa shape index (κ2) is 10.7. The summed E-state index contributed by atoms with van der Waals surface area (Å²) >= 11 is 0. The van der Waals surface area contributed by atoms with E-state index in [0.29, 0.717) is 5.69 Å². The Kier molecular flexibility index (Phi) is 7.44. The Morgan fingerprint density at radius 2 is 1.83 bits per heavy atom. The van der Waals surface area contributed by atoms with Crippen LogP contribution in [0.3, 0.4) is 0 Å². The van der Waals surface area contributed by atoms with Crippen LogP contribution in [0.1, 0.15) is 86.2 Å². The van der Waals surface area contributed by atoms with Crippen molar-refractivity contribution in [3.63, 3.8) is 0 Å². The van der Waals surface area contributed by atoms with Crippen LogP contribution in [0.15, 0.2) is 49.3 Å². The van der Waals surface area contributed by atoms with E-state index in [0.717, 1.165) is 37.7 Å². The number of benzene rings is 1. The molecule has 3 aromatic rings. The summed E-state index contributed by atoms with van der Waals surface area (Å²) in [5, 5.41) is 12.9. The fraction of sp³-hybridized carbons (Fsp3) is 0.407. The standard InChI is InChI=1S/C27H31N7O2/c1-27(2,3)18-9-11-20(12-10-18)34(26(36)23-15-30-17-32-23)24(21-14-29-16-31-22(21)13-28)25(35)33-19-7-5-4-6-8-19/h9-12,14-17,19,24H,4-8H2,1-3H3,(H,30,32)(H,33,35). The third kappa shape index (κ3) is 5.43. The van der Waals surface area contributed by atoms with E-state index in [4.69, 9.17) is 0 Å². The van der Waals surface area contributed by atoms with Crippen LogP contribution in [-0.4, -0.2) is 37.8 Å². The molecule has 0 radical (unpaired) electrons. The van der Waals surface area contributed by atoms with Crippen molar-refractivity contribution >= 4 is 17.5 Å². The Morgan fingerprint density at radius 1 is 1.11 bits per heavy atom. The van der Waals surface area contributed by atoms with Gasteiger partial charge in [-0.3, -0.25) is 14.5 Å². The van der Waals surface area contributed by atoms with Gasteiger partial charge in [-0.2, -0.15) is 5.26 Å². The number of aromatic nitrogens is 4. The van der Waals surface area contributed by atoms with Gasteiger partial charge in [-0.05, 0) is 36.0 Å². The SMILES string of the molecule is CC(C)(C)c1ccc(N(C(=O)c2cnc[nH]2)C(C(=O)NC2CCCCC2)c2cncnc2C#N)cc1. The van der Waals surface area contributed by atoms with Crippen molar-refractivity contribution in [3.8, 4) is 6.07 Å². The predicted molar refractivity (Wildman–Crippen MR) is 135 cm³/mol. The Bertz CT molecular complexity index is 1230. The molecule has 0 saturated heterocycles. The second-order valence-corrected chi connectivity index (χ2v) is 10.1. The van der Waals surface area contributed by atoms with Gasteiger partial charge in [0.1, 0.15) is 29.8 Å². The molecule has 4 rings (SSSR count). The molecule has 2 aromatic heterocycles. The number of hydrogen-bond acceptors (Lipinski definition) is 6. The number of carbonyl (C=O) groups excluding carboxylic acids is 2. The van der Waals surface area contributed by atoms with Crippen LogP contribution in [0.4, 0.5) is 5.69 Å². The molecule has 1 aromatic carbocycles. The highest BCUT2D eigenvalue weighted by Crippen LogP contribution is 2.33. The molecular formula is C27H31N7O2. The summed E-state index contributed by atoms with van der Waals surface area (Å²) in [6.45, 7) is 6.32. The molecule has 1 aliphatic rings. The highest BCUT2D eigenvalue weighted by Gasteiger charge is 2.37. The first-order valence-corrected chi connectivity index (χ1v) is 12.2. The number of carbonyl (C=O) groups is 2. The number of imidazole rings is 1. The number of nitrogens with one attached hydrogen (secondary N) is 2. The van der Waals surface area contributed by atoms with E-state index >= 15 is 0 Å².